The second kappa shape index (κ2) is 9.28. The van der Waals surface area contributed by atoms with Crippen molar-refractivity contribution in [1.82, 2.24) is 10.6 Å². The van der Waals surface area contributed by atoms with E-state index in [2.05, 4.69) is 24.5 Å². The highest BCUT2D eigenvalue weighted by Crippen LogP contribution is 2.36. The van der Waals surface area contributed by atoms with Crippen LogP contribution in [0.1, 0.15) is 37.9 Å². The number of rotatable bonds is 7. The van der Waals surface area contributed by atoms with Gasteiger partial charge in [0.1, 0.15) is 5.75 Å². The molecule has 0 aliphatic carbocycles. The van der Waals surface area contributed by atoms with Gasteiger partial charge in [0.15, 0.2) is 0 Å². The number of ether oxygens (including phenoxy) is 2. The van der Waals surface area contributed by atoms with Gasteiger partial charge in [-0.05, 0) is 24.5 Å². The van der Waals surface area contributed by atoms with Crippen LogP contribution in [0.3, 0.4) is 0 Å². The Bertz CT molecular complexity index is 906. The number of para-hydroxylation sites is 1. The highest BCUT2D eigenvalue weighted by atomic mass is 16.5. The lowest BCUT2D eigenvalue weighted by molar-refractivity contribution is -0.138. The molecule has 1 aliphatic heterocycles. The van der Waals surface area contributed by atoms with E-state index in [1.165, 1.54) is 0 Å². The summed E-state index contributed by atoms with van der Waals surface area (Å²) in [4.78, 5) is 25.4. The molecule has 1 aliphatic rings. The second-order valence-electron chi connectivity index (χ2n) is 7.15. The van der Waals surface area contributed by atoms with Crippen molar-refractivity contribution >= 4 is 17.7 Å². The van der Waals surface area contributed by atoms with Crippen molar-refractivity contribution in [3.8, 4) is 5.75 Å². The number of amides is 2. The highest BCUT2D eigenvalue weighted by Gasteiger charge is 2.35. The molecule has 3 rings (SSSR count). The van der Waals surface area contributed by atoms with Crippen LogP contribution in [-0.4, -0.2) is 25.2 Å². The summed E-state index contributed by atoms with van der Waals surface area (Å²) in [6, 6.07) is 15.6. The maximum Gasteiger partial charge on any atom is 0.338 e. The van der Waals surface area contributed by atoms with Gasteiger partial charge in [-0.2, -0.15) is 0 Å². The topological polar surface area (TPSA) is 76.7 Å². The molecule has 0 fully saturated rings. The molecular weight excluding hydrogens is 368 g/mol. The first-order valence-corrected chi connectivity index (χ1v) is 9.77. The maximum absolute atomic E-state index is 12.9. The van der Waals surface area contributed by atoms with Gasteiger partial charge in [-0.25, -0.2) is 9.59 Å². The smallest absolute Gasteiger partial charge is 0.338 e. The summed E-state index contributed by atoms with van der Waals surface area (Å²) in [5.41, 5.74) is 2.23. The third kappa shape index (κ3) is 4.77. The van der Waals surface area contributed by atoms with Crippen molar-refractivity contribution in [1.29, 1.82) is 0 Å². The summed E-state index contributed by atoms with van der Waals surface area (Å²) in [6.07, 6.45) is 0. The third-order valence-corrected chi connectivity index (χ3v) is 4.43. The van der Waals surface area contributed by atoms with Crippen LogP contribution in [0.4, 0.5) is 4.79 Å². The molecule has 2 amide bonds. The Morgan fingerprint density at radius 1 is 1.07 bits per heavy atom. The Morgan fingerprint density at radius 3 is 2.45 bits per heavy atom. The fourth-order valence-corrected chi connectivity index (χ4v) is 3.17. The lowest BCUT2D eigenvalue weighted by Crippen LogP contribution is -2.45. The largest absolute Gasteiger partial charge is 0.493 e. The maximum atomic E-state index is 12.9. The van der Waals surface area contributed by atoms with E-state index < -0.39 is 12.0 Å². The van der Waals surface area contributed by atoms with E-state index in [1.54, 1.807) is 6.92 Å². The molecule has 29 heavy (non-hydrogen) atoms. The second-order valence-corrected chi connectivity index (χ2v) is 7.15. The zero-order chi connectivity index (χ0) is 20.8. The van der Waals surface area contributed by atoms with Crippen LogP contribution in [0, 0.1) is 5.92 Å². The summed E-state index contributed by atoms with van der Waals surface area (Å²) in [7, 11) is 0. The quantitative estimate of drug-likeness (QED) is 0.695. The molecule has 2 aromatic rings. The monoisotopic (exact) mass is 394 g/mol. The van der Waals surface area contributed by atoms with Gasteiger partial charge < -0.3 is 20.1 Å². The van der Waals surface area contributed by atoms with Crippen LogP contribution < -0.4 is 15.4 Å². The zero-order valence-electron chi connectivity index (χ0n) is 16.9. The molecule has 0 bridgehead atoms. The molecular formula is C23H26N2O4. The Kier molecular flexibility index (Phi) is 6.54. The normalized spacial score (nSPS) is 16.3. The van der Waals surface area contributed by atoms with E-state index >= 15 is 0 Å². The van der Waals surface area contributed by atoms with Crippen LogP contribution in [0.15, 0.2) is 60.2 Å². The predicted octanol–water partition coefficient (Wildman–Crippen LogP) is 4.05. The molecule has 152 valence electrons. The van der Waals surface area contributed by atoms with E-state index in [-0.39, 0.29) is 12.6 Å². The minimum absolute atomic E-state index is 0.233. The molecule has 0 radical (unpaired) electrons. The summed E-state index contributed by atoms with van der Waals surface area (Å²) in [5.74, 6) is 0.482. The summed E-state index contributed by atoms with van der Waals surface area (Å²) in [5, 5.41) is 5.64. The van der Waals surface area contributed by atoms with Gasteiger partial charge in [0.05, 0.1) is 30.5 Å². The van der Waals surface area contributed by atoms with Crippen molar-refractivity contribution in [2.24, 2.45) is 5.92 Å². The van der Waals surface area contributed by atoms with Crippen LogP contribution in [0.25, 0.3) is 5.70 Å². The predicted molar refractivity (Wildman–Crippen MR) is 111 cm³/mol. The van der Waals surface area contributed by atoms with E-state index in [4.69, 9.17) is 9.47 Å². The first-order chi connectivity index (χ1) is 14.0. The molecule has 0 unspecified atom stereocenters. The first kappa shape index (κ1) is 20.5. The molecule has 6 heteroatoms. The molecule has 0 saturated heterocycles. The molecule has 1 heterocycles. The number of esters is 1. The average molecular weight is 394 g/mol. The van der Waals surface area contributed by atoms with Crippen molar-refractivity contribution in [2.75, 3.05) is 13.2 Å². The minimum Gasteiger partial charge on any atom is -0.493 e. The van der Waals surface area contributed by atoms with Gasteiger partial charge in [-0.15, -0.1) is 0 Å². The number of nitrogens with one attached hydrogen (secondary N) is 2. The number of hydrogen-bond acceptors (Lipinski definition) is 4. The van der Waals surface area contributed by atoms with E-state index in [0.29, 0.717) is 35.1 Å². The van der Waals surface area contributed by atoms with Crippen molar-refractivity contribution in [3.05, 3.63) is 71.3 Å². The minimum atomic E-state index is -0.693. The average Bonchev–Trinajstić information content (AvgIpc) is 2.72. The van der Waals surface area contributed by atoms with Crippen LogP contribution in [0.2, 0.25) is 0 Å². The molecule has 2 N–H and O–H groups in total. The van der Waals surface area contributed by atoms with E-state index in [0.717, 1.165) is 5.56 Å². The molecule has 0 aromatic heterocycles. The summed E-state index contributed by atoms with van der Waals surface area (Å²) in [6.45, 7) is 6.64. The van der Waals surface area contributed by atoms with Gasteiger partial charge in [-0.3, -0.25) is 0 Å². The highest BCUT2D eigenvalue weighted by molar-refractivity contribution is 6.04. The van der Waals surface area contributed by atoms with Gasteiger partial charge in [0.25, 0.3) is 0 Å². The van der Waals surface area contributed by atoms with E-state index in [9.17, 15) is 9.59 Å². The summed E-state index contributed by atoms with van der Waals surface area (Å²) < 4.78 is 11.3. The van der Waals surface area contributed by atoms with Crippen molar-refractivity contribution < 1.29 is 19.1 Å². The van der Waals surface area contributed by atoms with Gasteiger partial charge in [0, 0.05) is 5.56 Å². The molecule has 0 saturated carbocycles. The van der Waals surface area contributed by atoms with Gasteiger partial charge in [-0.1, -0.05) is 62.4 Å². The van der Waals surface area contributed by atoms with Crippen molar-refractivity contribution in [3.63, 3.8) is 0 Å². The molecule has 6 nitrogen and oxygen atoms in total. The third-order valence-electron chi connectivity index (χ3n) is 4.43. The summed E-state index contributed by atoms with van der Waals surface area (Å²) >= 11 is 0. The van der Waals surface area contributed by atoms with Crippen LogP contribution in [-0.2, 0) is 9.53 Å². The fourth-order valence-electron chi connectivity index (χ4n) is 3.17. The van der Waals surface area contributed by atoms with Crippen LogP contribution in [0.5, 0.6) is 5.75 Å². The standard InChI is InChI=1S/C23H26N2O4/c1-4-28-22(26)19-20(16-10-6-5-7-11-16)24-23(27)25-21(19)17-12-8-9-13-18(17)29-14-15(2)3/h5-13,15,21H,4,14H2,1-3H3,(H2,24,25,27)/t21-/m0/s1. The first-order valence-electron chi connectivity index (χ1n) is 9.77. The zero-order valence-corrected chi connectivity index (χ0v) is 16.9. The van der Waals surface area contributed by atoms with Crippen LogP contribution >= 0.6 is 0 Å². The number of urea groups is 1. The Morgan fingerprint density at radius 2 is 1.76 bits per heavy atom. The Balaban J connectivity index is 2.14. The van der Waals surface area contributed by atoms with E-state index in [1.807, 2.05) is 54.6 Å². The SMILES string of the molecule is CCOC(=O)C1=C(c2ccccc2)NC(=O)N[C@H]1c1ccccc1OCC(C)C. The number of benzene rings is 2. The lowest BCUT2D eigenvalue weighted by atomic mass is 9.92. The van der Waals surface area contributed by atoms with Gasteiger partial charge >= 0.3 is 12.0 Å². The number of carbonyl (C=O) groups excluding carboxylic acids is 2. The number of carbonyl (C=O) groups is 2. The molecule has 2 aromatic carbocycles. The Labute approximate surface area is 170 Å². The number of hydrogen-bond donors (Lipinski definition) is 2. The fraction of sp³-hybridized carbons (Fsp3) is 0.304. The van der Waals surface area contributed by atoms with Gasteiger partial charge in [0.2, 0.25) is 0 Å². The Hall–Kier alpha value is -3.28. The molecule has 1 atom stereocenters. The molecule has 0 spiro atoms. The van der Waals surface area contributed by atoms with Crippen molar-refractivity contribution in [2.45, 2.75) is 26.8 Å². The lowest BCUT2D eigenvalue weighted by Gasteiger charge is -2.30.